The second kappa shape index (κ2) is 3.74. The summed E-state index contributed by atoms with van der Waals surface area (Å²) in [5.74, 6) is -0.0201. The van der Waals surface area contributed by atoms with Crippen LogP contribution in [-0.4, -0.2) is 10.9 Å². The van der Waals surface area contributed by atoms with Crippen LogP contribution in [0, 0.1) is 0 Å². The van der Waals surface area contributed by atoms with Crippen molar-refractivity contribution in [3.63, 3.8) is 0 Å². The number of aromatic nitrogens is 1. The van der Waals surface area contributed by atoms with Gasteiger partial charge in [-0.2, -0.15) is 0 Å². The molecule has 0 radical (unpaired) electrons. The summed E-state index contributed by atoms with van der Waals surface area (Å²) >= 11 is 6.00. The Balaban J connectivity index is 2.80. The maximum absolute atomic E-state index is 6.00. The van der Waals surface area contributed by atoms with Crippen molar-refractivity contribution >= 4 is 34.2 Å². The van der Waals surface area contributed by atoms with Gasteiger partial charge >= 0.3 is 0 Å². The largest absolute Gasteiger partial charge is 0.370 e. The predicted molar refractivity (Wildman–Crippen MR) is 62.2 cm³/mol. The molecule has 0 atom stereocenters. The topological polar surface area (TPSA) is 77.3 Å². The summed E-state index contributed by atoms with van der Waals surface area (Å²) < 4.78 is 0. The first kappa shape index (κ1) is 9.73. The van der Waals surface area contributed by atoms with Gasteiger partial charge in [0.05, 0.1) is 16.2 Å². The maximum atomic E-state index is 6.00. The zero-order chi connectivity index (χ0) is 10.8. The van der Waals surface area contributed by atoms with Crippen molar-refractivity contribution in [3.05, 3.63) is 35.5 Å². The Hall–Kier alpha value is -1.81. The molecule has 4 nitrogen and oxygen atoms in total. The van der Waals surface area contributed by atoms with Gasteiger partial charge in [-0.15, -0.1) is 0 Å². The number of hydrogen-bond acceptors (Lipinski definition) is 2. The van der Waals surface area contributed by atoms with Gasteiger partial charge in [0.1, 0.15) is 0 Å². The average Bonchev–Trinajstić information content (AvgIpc) is 2.22. The van der Waals surface area contributed by atoms with Crippen LogP contribution in [0.25, 0.3) is 10.9 Å². The highest BCUT2D eigenvalue weighted by Crippen LogP contribution is 2.32. The number of guanidine groups is 1. The number of nitrogens with two attached hydrogens (primary N) is 2. The second-order valence-electron chi connectivity index (χ2n) is 3.00. The molecule has 0 aliphatic heterocycles. The number of fused-ring (bicyclic) bond motifs is 1. The lowest BCUT2D eigenvalue weighted by molar-refractivity contribution is 1.39. The van der Waals surface area contributed by atoms with E-state index in [-0.39, 0.29) is 5.96 Å². The molecule has 1 aromatic carbocycles. The molecule has 0 aliphatic rings. The molecule has 0 unspecified atom stereocenters. The van der Waals surface area contributed by atoms with Crippen LogP contribution in [0.4, 0.5) is 5.69 Å². The standard InChI is InChI=1S/C10H9ClN4/c11-7-3-4-8-6(2-1-5-14-8)9(7)15-10(12)13/h1-5H,(H4,12,13,15). The van der Waals surface area contributed by atoms with Crippen molar-refractivity contribution in [2.45, 2.75) is 0 Å². The van der Waals surface area contributed by atoms with E-state index in [1.807, 2.05) is 18.2 Å². The van der Waals surface area contributed by atoms with Crippen molar-refractivity contribution in [2.75, 3.05) is 0 Å². The van der Waals surface area contributed by atoms with Gasteiger partial charge in [0.2, 0.25) is 0 Å². The van der Waals surface area contributed by atoms with E-state index in [4.69, 9.17) is 23.1 Å². The van der Waals surface area contributed by atoms with Gasteiger partial charge in [-0.3, -0.25) is 4.98 Å². The highest BCUT2D eigenvalue weighted by molar-refractivity contribution is 6.34. The van der Waals surface area contributed by atoms with Crippen LogP contribution >= 0.6 is 11.6 Å². The highest BCUT2D eigenvalue weighted by Gasteiger charge is 2.05. The molecular formula is C10H9ClN4. The molecule has 1 heterocycles. The van der Waals surface area contributed by atoms with E-state index in [9.17, 15) is 0 Å². The average molecular weight is 221 g/mol. The molecule has 4 N–H and O–H groups in total. The highest BCUT2D eigenvalue weighted by atomic mass is 35.5. The van der Waals surface area contributed by atoms with E-state index in [0.717, 1.165) is 10.9 Å². The minimum atomic E-state index is -0.0201. The molecule has 0 saturated heterocycles. The van der Waals surface area contributed by atoms with E-state index in [0.29, 0.717) is 10.7 Å². The predicted octanol–water partition coefficient (Wildman–Crippen LogP) is 1.79. The molecular weight excluding hydrogens is 212 g/mol. The zero-order valence-corrected chi connectivity index (χ0v) is 8.57. The number of nitrogens with zero attached hydrogens (tertiary/aromatic N) is 2. The molecule has 5 heteroatoms. The molecule has 76 valence electrons. The van der Waals surface area contributed by atoms with Crippen LogP contribution in [0.3, 0.4) is 0 Å². The molecule has 2 rings (SSSR count). The fraction of sp³-hybridized carbons (Fsp3) is 0. The van der Waals surface area contributed by atoms with E-state index in [1.165, 1.54) is 0 Å². The Morgan fingerprint density at radius 3 is 2.80 bits per heavy atom. The fourth-order valence-corrected chi connectivity index (χ4v) is 1.56. The third-order valence-corrected chi connectivity index (χ3v) is 2.25. The van der Waals surface area contributed by atoms with E-state index in [2.05, 4.69) is 9.98 Å². The van der Waals surface area contributed by atoms with Crippen molar-refractivity contribution in [3.8, 4) is 0 Å². The molecule has 0 saturated carbocycles. The summed E-state index contributed by atoms with van der Waals surface area (Å²) in [6.45, 7) is 0. The third kappa shape index (κ3) is 1.85. The minimum Gasteiger partial charge on any atom is -0.370 e. The SMILES string of the molecule is NC(N)=Nc1c(Cl)ccc2ncccc12. The summed E-state index contributed by atoms with van der Waals surface area (Å²) in [4.78, 5) is 8.17. The van der Waals surface area contributed by atoms with Gasteiger partial charge < -0.3 is 11.5 Å². The van der Waals surface area contributed by atoms with Crippen LogP contribution in [-0.2, 0) is 0 Å². The third-order valence-electron chi connectivity index (χ3n) is 1.95. The monoisotopic (exact) mass is 220 g/mol. The summed E-state index contributed by atoms with van der Waals surface area (Å²) in [7, 11) is 0. The molecule has 1 aromatic heterocycles. The molecule has 0 spiro atoms. The van der Waals surface area contributed by atoms with E-state index >= 15 is 0 Å². The molecule has 0 bridgehead atoms. The number of rotatable bonds is 1. The lowest BCUT2D eigenvalue weighted by Gasteiger charge is -2.03. The van der Waals surface area contributed by atoms with E-state index in [1.54, 1.807) is 12.3 Å². The van der Waals surface area contributed by atoms with Gasteiger partial charge in [0, 0.05) is 11.6 Å². The normalized spacial score (nSPS) is 10.2. The smallest absolute Gasteiger partial charge is 0.191 e. The Kier molecular flexibility index (Phi) is 2.43. The van der Waals surface area contributed by atoms with Crippen molar-refractivity contribution in [1.82, 2.24) is 4.98 Å². The summed E-state index contributed by atoms with van der Waals surface area (Å²) in [6, 6.07) is 7.22. The lowest BCUT2D eigenvalue weighted by atomic mass is 10.2. The number of hydrogen-bond donors (Lipinski definition) is 2. The number of benzene rings is 1. The van der Waals surface area contributed by atoms with Crippen LogP contribution in [0.15, 0.2) is 35.5 Å². The zero-order valence-electron chi connectivity index (χ0n) is 7.81. The Bertz CT molecular complexity index is 532. The van der Waals surface area contributed by atoms with Gasteiger partial charge in [-0.25, -0.2) is 4.99 Å². The Labute approximate surface area is 91.6 Å². The summed E-state index contributed by atoms with van der Waals surface area (Å²) in [5, 5.41) is 1.34. The van der Waals surface area contributed by atoms with E-state index < -0.39 is 0 Å². The molecule has 0 amide bonds. The summed E-state index contributed by atoms with van der Waals surface area (Å²) in [5.41, 5.74) is 12.0. The minimum absolute atomic E-state index is 0.0201. The lowest BCUT2D eigenvalue weighted by Crippen LogP contribution is -2.21. The molecule has 2 aromatic rings. The Morgan fingerprint density at radius 1 is 1.27 bits per heavy atom. The van der Waals surface area contributed by atoms with Gasteiger partial charge in [0.25, 0.3) is 0 Å². The molecule has 0 fully saturated rings. The number of pyridine rings is 1. The fourth-order valence-electron chi connectivity index (χ4n) is 1.35. The molecule has 0 aliphatic carbocycles. The molecule has 15 heavy (non-hydrogen) atoms. The van der Waals surface area contributed by atoms with Crippen LogP contribution in [0.1, 0.15) is 0 Å². The van der Waals surface area contributed by atoms with Crippen molar-refractivity contribution < 1.29 is 0 Å². The maximum Gasteiger partial charge on any atom is 0.191 e. The number of aliphatic imine (C=N–C) groups is 1. The first-order valence-corrected chi connectivity index (χ1v) is 4.69. The van der Waals surface area contributed by atoms with Gasteiger partial charge in [-0.1, -0.05) is 11.6 Å². The van der Waals surface area contributed by atoms with Gasteiger partial charge in [0.15, 0.2) is 5.96 Å². The van der Waals surface area contributed by atoms with Gasteiger partial charge in [-0.05, 0) is 24.3 Å². The number of halogens is 1. The summed E-state index contributed by atoms with van der Waals surface area (Å²) in [6.07, 6.45) is 1.70. The van der Waals surface area contributed by atoms with Crippen LogP contribution in [0.5, 0.6) is 0 Å². The van der Waals surface area contributed by atoms with Crippen molar-refractivity contribution in [1.29, 1.82) is 0 Å². The van der Waals surface area contributed by atoms with Crippen molar-refractivity contribution in [2.24, 2.45) is 16.5 Å². The van der Waals surface area contributed by atoms with Crippen LogP contribution < -0.4 is 11.5 Å². The first-order valence-electron chi connectivity index (χ1n) is 4.31. The first-order chi connectivity index (χ1) is 7.18. The Morgan fingerprint density at radius 2 is 2.07 bits per heavy atom. The second-order valence-corrected chi connectivity index (χ2v) is 3.41. The van der Waals surface area contributed by atoms with Crippen LogP contribution in [0.2, 0.25) is 5.02 Å². The quantitative estimate of drug-likeness (QED) is 0.568.